The Bertz CT molecular complexity index is 788. The Morgan fingerprint density at radius 2 is 2.00 bits per heavy atom. The predicted molar refractivity (Wildman–Crippen MR) is 113 cm³/mol. The van der Waals surface area contributed by atoms with Gasteiger partial charge in [-0.3, -0.25) is 9.67 Å². The van der Waals surface area contributed by atoms with Crippen molar-refractivity contribution in [2.45, 2.75) is 26.8 Å². The van der Waals surface area contributed by atoms with Gasteiger partial charge in [0.05, 0.1) is 5.69 Å². The molecule has 1 aliphatic rings. The molecule has 2 N–H and O–H groups in total. The minimum atomic E-state index is 0. The van der Waals surface area contributed by atoms with Crippen LogP contribution in [0.25, 0.3) is 0 Å². The third-order valence-corrected chi connectivity index (χ3v) is 4.46. The average Bonchev–Trinajstić information content (AvgIpc) is 3.16. The van der Waals surface area contributed by atoms with Crippen molar-refractivity contribution in [3.63, 3.8) is 0 Å². The van der Waals surface area contributed by atoms with Gasteiger partial charge in [0.25, 0.3) is 0 Å². The van der Waals surface area contributed by atoms with Gasteiger partial charge in [0.2, 0.25) is 6.79 Å². The van der Waals surface area contributed by atoms with Crippen LogP contribution in [0.15, 0.2) is 23.2 Å². The summed E-state index contributed by atoms with van der Waals surface area (Å²) >= 11 is 0. The molecule has 0 aliphatic carbocycles. The maximum absolute atomic E-state index is 5.41. The summed E-state index contributed by atoms with van der Waals surface area (Å²) in [6, 6.07) is 6.05. The van der Waals surface area contributed by atoms with Gasteiger partial charge in [0.15, 0.2) is 17.5 Å². The molecule has 0 bridgehead atoms. The van der Waals surface area contributed by atoms with Gasteiger partial charge in [-0.2, -0.15) is 5.10 Å². The van der Waals surface area contributed by atoms with Gasteiger partial charge in [-0.15, -0.1) is 24.0 Å². The van der Waals surface area contributed by atoms with E-state index >= 15 is 0 Å². The molecule has 0 saturated carbocycles. The summed E-state index contributed by atoms with van der Waals surface area (Å²) in [7, 11) is 3.74. The number of ether oxygens (including phenoxy) is 2. The second-order valence-electron chi connectivity index (χ2n) is 6.06. The zero-order valence-corrected chi connectivity index (χ0v) is 18.0. The highest BCUT2D eigenvalue weighted by molar-refractivity contribution is 14.0. The van der Waals surface area contributed by atoms with E-state index < -0.39 is 0 Å². The average molecular weight is 471 g/mol. The molecule has 26 heavy (non-hydrogen) atoms. The first-order valence-electron chi connectivity index (χ1n) is 8.40. The largest absolute Gasteiger partial charge is 0.454 e. The van der Waals surface area contributed by atoms with Crippen LogP contribution >= 0.6 is 24.0 Å². The van der Waals surface area contributed by atoms with Crippen molar-refractivity contribution in [3.8, 4) is 11.5 Å². The number of halogens is 1. The van der Waals surface area contributed by atoms with Gasteiger partial charge < -0.3 is 20.1 Å². The van der Waals surface area contributed by atoms with Gasteiger partial charge >= 0.3 is 0 Å². The third kappa shape index (κ3) is 4.60. The predicted octanol–water partition coefficient (Wildman–Crippen LogP) is 2.29. The molecule has 1 aliphatic heterocycles. The Hall–Kier alpha value is -1.97. The first kappa shape index (κ1) is 20.3. The van der Waals surface area contributed by atoms with Crippen molar-refractivity contribution in [2.75, 3.05) is 20.4 Å². The molecule has 0 amide bonds. The Morgan fingerprint density at radius 1 is 1.23 bits per heavy atom. The van der Waals surface area contributed by atoms with Crippen LogP contribution in [0.3, 0.4) is 0 Å². The molecule has 0 fully saturated rings. The number of fused-ring (bicyclic) bond motifs is 1. The highest BCUT2D eigenvalue weighted by atomic mass is 127. The molecule has 0 saturated heterocycles. The van der Waals surface area contributed by atoms with Crippen LogP contribution in [-0.4, -0.2) is 36.1 Å². The molecule has 1 aromatic carbocycles. The number of rotatable bonds is 5. The summed E-state index contributed by atoms with van der Waals surface area (Å²) in [5.41, 5.74) is 4.62. The standard InChI is InChI=1S/C18H25N5O2.HI/c1-12-15(13(2)23(4)22-12)10-21-18(19-3)20-8-7-14-5-6-16-17(9-14)25-11-24-16;/h5-6,9H,7-8,10-11H2,1-4H3,(H2,19,20,21);1H. The van der Waals surface area contributed by atoms with Gasteiger partial charge in [0.1, 0.15) is 0 Å². The molecular formula is C18H26IN5O2. The minimum absolute atomic E-state index is 0. The third-order valence-electron chi connectivity index (χ3n) is 4.46. The van der Waals surface area contributed by atoms with Crippen molar-refractivity contribution in [1.82, 2.24) is 20.4 Å². The van der Waals surface area contributed by atoms with Crippen molar-refractivity contribution < 1.29 is 9.47 Å². The summed E-state index contributed by atoms with van der Waals surface area (Å²) in [5.74, 6) is 2.42. The van der Waals surface area contributed by atoms with E-state index in [4.69, 9.17) is 9.47 Å². The Morgan fingerprint density at radius 3 is 2.69 bits per heavy atom. The molecule has 8 heteroatoms. The SMILES string of the molecule is CN=C(NCCc1ccc2c(c1)OCO2)NCc1c(C)nn(C)c1C.I. The van der Waals surface area contributed by atoms with E-state index in [2.05, 4.69) is 33.7 Å². The first-order valence-corrected chi connectivity index (χ1v) is 8.40. The zero-order valence-electron chi connectivity index (χ0n) is 15.6. The van der Waals surface area contributed by atoms with Crippen LogP contribution in [0.2, 0.25) is 0 Å². The van der Waals surface area contributed by atoms with Gasteiger partial charge in [-0.1, -0.05) is 6.07 Å². The fourth-order valence-corrected chi connectivity index (χ4v) is 2.89. The molecule has 0 radical (unpaired) electrons. The molecule has 142 valence electrons. The molecular weight excluding hydrogens is 445 g/mol. The number of aromatic nitrogens is 2. The summed E-state index contributed by atoms with van der Waals surface area (Å²) in [6.45, 7) is 5.90. The maximum atomic E-state index is 5.41. The number of benzene rings is 1. The smallest absolute Gasteiger partial charge is 0.231 e. The van der Waals surface area contributed by atoms with E-state index in [0.717, 1.165) is 36.1 Å². The number of hydrogen-bond donors (Lipinski definition) is 2. The number of aliphatic imine (C=N–C) groups is 1. The van der Waals surface area contributed by atoms with Crippen LogP contribution in [0.4, 0.5) is 0 Å². The van der Waals surface area contributed by atoms with Crippen LogP contribution in [0, 0.1) is 13.8 Å². The Labute approximate surface area is 171 Å². The summed E-state index contributed by atoms with van der Waals surface area (Å²) in [4.78, 5) is 4.28. The fraction of sp³-hybridized carbons (Fsp3) is 0.444. The molecule has 0 atom stereocenters. The molecule has 1 aromatic heterocycles. The lowest BCUT2D eigenvalue weighted by Gasteiger charge is -2.12. The second kappa shape index (κ2) is 9.11. The highest BCUT2D eigenvalue weighted by Gasteiger charge is 2.13. The van der Waals surface area contributed by atoms with Crippen molar-refractivity contribution in [2.24, 2.45) is 12.0 Å². The second-order valence-corrected chi connectivity index (χ2v) is 6.06. The molecule has 7 nitrogen and oxygen atoms in total. The number of nitrogens with one attached hydrogen (secondary N) is 2. The molecule has 0 spiro atoms. The Kier molecular flexibility index (Phi) is 7.13. The lowest BCUT2D eigenvalue weighted by atomic mass is 10.1. The van der Waals surface area contributed by atoms with Crippen LogP contribution < -0.4 is 20.1 Å². The first-order chi connectivity index (χ1) is 12.1. The van der Waals surface area contributed by atoms with E-state index in [-0.39, 0.29) is 24.0 Å². The molecule has 3 rings (SSSR count). The number of hydrogen-bond acceptors (Lipinski definition) is 4. The van der Waals surface area contributed by atoms with Crippen molar-refractivity contribution in [3.05, 3.63) is 40.7 Å². The number of guanidine groups is 1. The number of aryl methyl sites for hydroxylation is 2. The van der Waals surface area contributed by atoms with Gasteiger partial charge in [-0.25, -0.2) is 0 Å². The molecule has 2 heterocycles. The van der Waals surface area contributed by atoms with Crippen LogP contribution in [0.5, 0.6) is 11.5 Å². The topological polar surface area (TPSA) is 72.7 Å². The Balaban J connectivity index is 0.00000243. The van der Waals surface area contributed by atoms with E-state index in [9.17, 15) is 0 Å². The zero-order chi connectivity index (χ0) is 17.8. The van der Waals surface area contributed by atoms with Gasteiger partial charge in [-0.05, 0) is 38.0 Å². The highest BCUT2D eigenvalue weighted by Crippen LogP contribution is 2.32. The normalized spacial score (nSPS) is 12.7. The van der Waals surface area contributed by atoms with Crippen molar-refractivity contribution >= 4 is 29.9 Å². The van der Waals surface area contributed by atoms with E-state index in [1.807, 2.05) is 30.8 Å². The minimum Gasteiger partial charge on any atom is -0.454 e. The summed E-state index contributed by atoms with van der Waals surface area (Å²) < 4.78 is 12.7. The van der Waals surface area contributed by atoms with Gasteiger partial charge in [0, 0.05) is 38.4 Å². The number of nitrogens with zero attached hydrogens (tertiary/aromatic N) is 3. The van der Waals surface area contributed by atoms with Crippen molar-refractivity contribution in [1.29, 1.82) is 0 Å². The summed E-state index contributed by atoms with van der Waals surface area (Å²) in [6.07, 6.45) is 0.877. The van der Waals surface area contributed by atoms with Crippen LogP contribution in [0.1, 0.15) is 22.5 Å². The van der Waals surface area contributed by atoms with E-state index in [1.165, 1.54) is 16.8 Å². The maximum Gasteiger partial charge on any atom is 0.231 e. The van der Waals surface area contributed by atoms with E-state index in [1.54, 1.807) is 7.05 Å². The van der Waals surface area contributed by atoms with Crippen LogP contribution in [-0.2, 0) is 20.0 Å². The molecule has 0 unspecified atom stereocenters. The molecule has 2 aromatic rings. The lowest BCUT2D eigenvalue weighted by molar-refractivity contribution is 0.174. The fourth-order valence-electron chi connectivity index (χ4n) is 2.89. The van der Waals surface area contributed by atoms with E-state index in [0.29, 0.717) is 13.3 Å². The summed E-state index contributed by atoms with van der Waals surface area (Å²) in [5, 5.41) is 11.1. The monoisotopic (exact) mass is 471 g/mol. The quantitative estimate of drug-likeness (QED) is 0.398. The lowest BCUT2D eigenvalue weighted by Crippen LogP contribution is -2.38.